The van der Waals surface area contributed by atoms with Crippen LogP contribution in [0.5, 0.6) is 0 Å². The van der Waals surface area contributed by atoms with Crippen LogP contribution < -0.4 is 5.32 Å². The number of aromatic amines is 1. The van der Waals surface area contributed by atoms with Crippen molar-refractivity contribution in [2.24, 2.45) is 0 Å². The van der Waals surface area contributed by atoms with Crippen LogP contribution in [0.3, 0.4) is 0 Å². The number of rotatable bonds is 11. The van der Waals surface area contributed by atoms with E-state index in [1.165, 1.54) is 10.9 Å². The fourth-order valence-corrected chi connectivity index (χ4v) is 5.42. The van der Waals surface area contributed by atoms with Gasteiger partial charge >= 0.3 is 7.60 Å². The van der Waals surface area contributed by atoms with Gasteiger partial charge in [0.2, 0.25) is 5.28 Å². The minimum absolute atomic E-state index is 0.133. The summed E-state index contributed by atoms with van der Waals surface area (Å²) in [5.41, 5.74) is 0.972. The lowest BCUT2D eigenvalue weighted by Crippen LogP contribution is -2.43. The molecule has 0 unspecified atom stereocenters. The molecule has 5 rings (SSSR count). The van der Waals surface area contributed by atoms with Crippen molar-refractivity contribution in [3.63, 3.8) is 0 Å². The molecular weight excluding hydrogens is 608 g/mol. The zero-order chi connectivity index (χ0) is 29.4. The number of fused-ring (bicyclic) bond motifs is 1. The van der Waals surface area contributed by atoms with E-state index in [0.29, 0.717) is 22.8 Å². The number of benzene rings is 1. The molecule has 1 aliphatic heterocycles. The summed E-state index contributed by atoms with van der Waals surface area (Å²) in [5.74, 6) is 0.196. The first kappa shape index (κ1) is 29.7. The van der Waals surface area contributed by atoms with E-state index in [9.17, 15) is 29.7 Å². The van der Waals surface area contributed by atoms with Crippen LogP contribution in [-0.4, -0.2) is 102 Å². The molecule has 1 aliphatic rings. The number of tetrazole rings is 1. The van der Waals surface area contributed by atoms with E-state index in [1.54, 1.807) is 12.1 Å². The summed E-state index contributed by atoms with van der Waals surface area (Å²) in [6, 6.07) is 7.23. The zero-order valence-electron chi connectivity index (χ0n) is 20.8. The van der Waals surface area contributed by atoms with Gasteiger partial charge in [-0.05, 0) is 23.2 Å². The number of nitrogens with one attached hydrogen (secondary N) is 2. The SMILES string of the molecule is O=P(O)(O)[C@](CO)(Cc1nn[nH]n1)OC[C@H]1O[C@@H](n2ncc3c(NCc4ccccc4Cl)nc(Cl)nc32)[C@H](O)[C@@H]1O. The van der Waals surface area contributed by atoms with E-state index in [1.807, 2.05) is 12.1 Å². The molecule has 1 aromatic carbocycles. The monoisotopic (exact) mass is 631 g/mol. The number of H-pyrrole nitrogens is 1. The number of hydrogen-bond acceptors (Lipinski definition) is 13. The second kappa shape index (κ2) is 11.8. The van der Waals surface area contributed by atoms with E-state index >= 15 is 0 Å². The van der Waals surface area contributed by atoms with Gasteiger partial charge in [0, 0.05) is 11.6 Å². The molecule has 3 aromatic heterocycles. The summed E-state index contributed by atoms with van der Waals surface area (Å²) in [5, 5.41) is 49.9. The van der Waals surface area contributed by atoms with Crippen LogP contribution in [0.1, 0.15) is 17.6 Å². The maximum Gasteiger partial charge on any atom is 0.359 e. The van der Waals surface area contributed by atoms with Crippen molar-refractivity contribution in [2.45, 2.75) is 42.8 Å². The highest BCUT2D eigenvalue weighted by Crippen LogP contribution is 2.53. The molecule has 0 saturated carbocycles. The summed E-state index contributed by atoms with van der Waals surface area (Å²) in [7, 11) is -5.14. The Balaban J connectivity index is 1.36. The van der Waals surface area contributed by atoms with E-state index < -0.39 is 57.1 Å². The van der Waals surface area contributed by atoms with Crippen molar-refractivity contribution in [3.05, 3.63) is 52.2 Å². The molecule has 0 spiro atoms. The summed E-state index contributed by atoms with van der Waals surface area (Å²) in [6.07, 6.45) is -4.92. The first-order valence-electron chi connectivity index (χ1n) is 12.0. The van der Waals surface area contributed by atoms with Crippen LogP contribution in [0.4, 0.5) is 5.82 Å². The van der Waals surface area contributed by atoms with Gasteiger partial charge in [-0.15, -0.1) is 10.2 Å². The number of halogens is 2. The van der Waals surface area contributed by atoms with Crippen molar-refractivity contribution >= 4 is 47.6 Å². The van der Waals surface area contributed by atoms with Crippen LogP contribution >= 0.6 is 30.8 Å². The third-order valence-electron chi connectivity index (χ3n) is 6.53. The number of ether oxygens (including phenoxy) is 2. The number of aromatic nitrogens is 8. The van der Waals surface area contributed by atoms with Crippen molar-refractivity contribution in [1.29, 1.82) is 0 Å². The first-order valence-corrected chi connectivity index (χ1v) is 14.3. The fourth-order valence-electron chi connectivity index (χ4n) is 4.28. The number of aliphatic hydroxyl groups is 3. The Hall–Kier alpha value is -2.83. The van der Waals surface area contributed by atoms with E-state index in [0.717, 1.165) is 5.56 Å². The van der Waals surface area contributed by atoms with Crippen LogP contribution in [0.2, 0.25) is 10.3 Å². The highest BCUT2D eigenvalue weighted by atomic mass is 35.5. The van der Waals surface area contributed by atoms with Gasteiger partial charge in [0.1, 0.15) is 24.1 Å². The molecule has 0 amide bonds. The maximum absolute atomic E-state index is 12.3. The van der Waals surface area contributed by atoms with Crippen molar-refractivity contribution in [3.8, 4) is 0 Å². The van der Waals surface area contributed by atoms with Crippen LogP contribution in [0.15, 0.2) is 30.5 Å². The number of hydrogen-bond donors (Lipinski definition) is 7. The smallest absolute Gasteiger partial charge is 0.359 e. The van der Waals surface area contributed by atoms with Crippen molar-refractivity contribution in [1.82, 2.24) is 40.4 Å². The summed E-state index contributed by atoms with van der Waals surface area (Å²) < 4.78 is 24.8. The second-order valence-electron chi connectivity index (χ2n) is 9.12. The molecule has 4 aromatic rings. The van der Waals surface area contributed by atoms with Crippen LogP contribution in [-0.2, 0) is 27.0 Å². The average molecular weight is 632 g/mol. The minimum atomic E-state index is -5.14. The molecule has 4 heterocycles. The standard InChI is InChI=1S/C21H24Cl2N9O8P/c22-12-4-2-1-3-10(12)6-24-17-11-7-25-32(18(11)27-20(23)26-17)19-16(35)15(34)13(40-19)8-39-21(9-33,41(36,37)38)5-14-28-30-31-29-14/h1-4,7,13,15-16,19,33-35H,5-6,8-9H2,(H,24,26,27)(H2,36,37,38)(H,28,29,30,31)/t13-,15-,16-,19-,21+/m1/s1. The number of anilines is 1. The summed E-state index contributed by atoms with van der Waals surface area (Å²) in [6.45, 7) is -1.45. The predicted octanol–water partition coefficient (Wildman–Crippen LogP) is 0.00310. The van der Waals surface area contributed by atoms with E-state index in [2.05, 4.69) is 41.0 Å². The Morgan fingerprint density at radius 2 is 1.98 bits per heavy atom. The molecule has 0 aliphatic carbocycles. The molecule has 7 N–H and O–H groups in total. The molecule has 20 heteroatoms. The zero-order valence-corrected chi connectivity index (χ0v) is 23.2. The second-order valence-corrected chi connectivity index (χ2v) is 11.8. The third-order valence-corrected chi connectivity index (χ3v) is 8.55. The molecule has 5 atom stereocenters. The molecule has 1 saturated heterocycles. The normalized spacial score (nSPS) is 22.7. The van der Waals surface area contributed by atoms with E-state index in [4.69, 9.17) is 32.7 Å². The Morgan fingerprint density at radius 3 is 2.66 bits per heavy atom. The molecule has 41 heavy (non-hydrogen) atoms. The molecule has 220 valence electrons. The van der Waals surface area contributed by atoms with Gasteiger partial charge in [0.05, 0.1) is 31.2 Å². The lowest BCUT2D eigenvalue weighted by atomic mass is 10.1. The van der Waals surface area contributed by atoms with Gasteiger partial charge in [-0.1, -0.05) is 35.0 Å². The maximum atomic E-state index is 12.3. The Labute approximate surface area is 240 Å². The number of nitrogens with zero attached hydrogens (tertiary/aromatic N) is 7. The summed E-state index contributed by atoms with van der Waals surface area (Å²) >= 11 is 12.4. The highest BCUT2D eigenvalue weighted by molar-refractivity contribution is 7.53. The Kier molecular flexibility index (Phi) is 8.54. The Bertz CT molecular complexity index is 1560. The largest absolute Gasteiger partial charge is 0.393 e. The lowest BCUT2D eigenvalue weighted by Gasteiger charge is -2.32. The molecule has 1 fully saturated rings. The molecule has 0 bridgehead atoms. The van der Waals surface area contributed by atoms with E-state index in [-0.39, 0.29) is 16.8 Å². The number of aliphatic hydroxyl groups excluding tert-OH is 3. The van der Waals surface area contributed by atoms with Gasteiger partial charge in [-0.25, -0.2) is 4.68 Å². The topological polar surface area (TPSA) is 247 Å². The Morgan fingerprint density at radius 1 is 1.20 bits per heavy atom. The molecular formula is C21H24Cl2N9O8P. The third kappa shape index (κ3) is 5.91. The molecule has 17 nitrogen and oxygen atoms in total. The van der Waals surface area contributed by atoms with Gasteiger partial charge in [-0.3, -0.25) is 4.57 Å². The predicted molar refractivity (Wildman–Crippen MR) is 141 cm³/mol. The van der Waals surface area contributed by atoms with Crippen molar-refractivity contribution in [2.75, 3.05) is 18.5 Å². The van der Waals surface area contributed by atoms with Crippen LogP contribution in [0, 0.1) is 0 Å². The first-order chi connectivity index (χ1) is 19.5. The van der Waals surface area contributed by atoms with Gasteiger partial charge in [0.25, 0.3) is 0 Å². The van der Waals surface area contributed by atoms with Gasteiger partial charge < -0.3 is 39.9 Å². The van der Waals surface area contributed by atoms with Crippen LogP contribution in [0.25, 0.3) is 11.0 Å². The fraction of sp³-hybridized carbons (Fsp3) is 0.429. The van der Waals surface area contributed by atoms with Gasteiger partial charge in [0.15, 0.2) is 23.0 Å². The average Bonchev–Trinajstić information content (AvgIpc) is 3.66. The quantitative estimate of drug-likeness (QED) is 0.0850. The van der Waals surface area contributed by atoms with Gasteiger partial charge in [-0.2, -0.15) is 20.3 Å². The van der Waals surface area contributed by atoms with Crippen molar-refractivity contribution < 1.29 is 39.1 Å². The lowest BCUT2D eigenvalue weighted by molar-refractivity contribution is -0.109. The highest BCUT2D eigenvalue weighted by Gasteiger charge is 2.52. The summed E-state index contributed by atoms with van der Waals surface area (Å²) in [4.78, 5) is 28.3. The molecule has 0 radical (unpaired) electrons. The minimum Gasteiger partial charge on any atom is -0.393 e.